The van der Waals surface area contributed by atoms with Crippen LogP contribution in [-0.4, -0.2) is 40.4 Å². The van der Waals surface area contributed by atoms with Crippen LogP contribution in [0.3, 0.4) is 0 Å². The van der Waals surface area contributed by atoms with Crippen LogP contribution in [0.4, 0.5) is 8.78 Å². The number of hydrogen-bond acceptors (Lipinski definition) is 3. The number of carbonyl (C=O) groups is 1. The van der Waals surface area contributed by atoms with Gasteiger partial charge in [-0.05, 0) is 31.0 Å². The van der Waals surface area contributed by atoms with Gasteiger partial charge in [0.15, 0.2) is 11.6 Å². The van der Waals surface area contributed by atoms with Crippen LogP contribution in [0.2, 0.25) is 0 Å². The molecular formula is C16H20Cl2F2N4O. The monoisotopic (exact) mass is 392 g/mol. The van der Waals surface area contributed by atoms with Crippen molar-refractivity contribution in [3.05, 3.63) is 41.9 Å². The van der Waals surface area contributed by atoms with Crippen molar-refractivity contribution in [1.29, 1.82) is 0 Å². The van der Waals surface area contributed by atoms with Crippen LogP contribution in [0.5, 0.6) is 0 Å². The summed E-state index contributed by atoms with van der Waals surface area (Å²) in [6, 6.07) is 3.76. The Morgan fingerprint density at radius 2 is 1.92 bits per heavy atom. The maximum absolute atomic E-state index is 13.3. The second kappa shape index (κ2) is 9.12. The van der Waals surface area contributed by atoms with Gasteiger partial charge in [-0.3, -0.25) is 4.79 Å². The molecule has 138 valence electrons. The summed E-state index contributed by atoms with van der Waals surface area (Å²) in [5.41, 5.74) is 6.58. The van der Waals surface area contributed by atoms with E-state index in [2.05, 4.69) is 9.97 Å². The van der Waals surface area contributed by atoms with E-state index in [1.165, 1.54) is 6.07 Å². The van der Waals surface area contributed by atoms with E-state index in [9.17, 15) is 13.6 Å². The summed E-state index contributed by atoms with van der Waals surface area (Å²) in [4.78, 5) is 20.9. The zero-order chi connectivity index (χ0) is 16.4. The van der Waals surface area contributed by atoms with E-state index in [1.54, 1.807) is 11.1 Å². The van der Waals surface area contributed by atoms with Gasteiger partial charge in [-0.2, -0.15) is 0 Å². The van der Waals surface area contributed by atoms with Crippen LogP contribution >= 0.6 is 24.8 Å². The van der Waals surface area contributed by atoms with Gasteiger partial charge in [0.05, 0.1) is 18.4 Å². The number of nitrogens with two attached hydrogens (primary N) is 1. The van der Waals surface area contributed by atoms with Gasteiger partial charge in [-0.25, -0.2) is 13.8 Å². The summed E-state index contributed by atoms with van der Waals surface area (Å²) in [7, 11) is 0. The minimum atomic E-state index is -0.882. The molecular weight excluding hydrogens is 373 g/mol. The lowest BCUT2D eigenvalue weighted by atomic mass is 9.96. The SMILES string of the molecule is Cl.Cl.NCC(=O)N1CCC(c2ncc(-c3ccc(F)c(F)c3)[nH]2)CC1. The van der Waals surface area contributed by atoms with E-state index in [-0.39, 0.29) is 43.2 Å². The molecule has 3 N–H and O–H groups in total. The molecule has 1 fully saturated rings. The van der Waals surface area contributed by atoms with Crippen LogP contribution in [0.15, 0.2) is 24.4 Å². The zero-order valence-corrected chi connectivity index (χ0v) is 15.0. The van der Waals surface area contributed by atoms with Crippen molar-refractivity contribution < 1.29 is 13.6 Å². The summed E-state index contributed by atoms with van der Waals surface area (Å²) in [5, 5.41) is 0. The number of halogens is 4. The lowest BCUT2D eigenvalue weighted by molar-refractivity contribution is -0.130. The van der Waals surface area contributed by atoms with Crippen molar-refractivity contribution in [2.24, 2.45) is 5.73 Å². The second-order valence-corrected chi connectivity index (χ2v) is 5.67. The predicted octanol–water partition coefficient (Wildman–Crippen LogP) is 2.86. The third kappa shape index (κ3) is 4.68. The molecule has 25 heavy (non-hydrogen) atoms. The maximum atomic E-state index is 13.3. The molecule has 1 aliphatic heterocycles. The Kier molecular flexibility index (Phi) is 7.79. The number of rotatable bonds is 3. The van der Waals surface area contributed by atoms with E-state index in [0.29, 0.717) is 24.3 Å². The average molecular weight is 393 g/mol. The molecule has 0 aliphatic carbocycles. The fourth-order valence-corrected chi connectivity index (χ4v) is 2.89. The van der Waals surface area contributed by atoms with E-state index in [4.69, 9.17) is 5.73 Å². The number of nitrogens with one attached hydrogen (secondary N) is 1. The minimum absolute atomic E-state index is 0. The Balaban J connectivity index is 0.00000156. The van der Waals surface area contributed by atoms with Gasteiger partial charge in [0.2, 0.25) is 5.91 Å². The molecule has 3 rings (SSSR count). The molecule has 5 nitrogen and oxygen atoms in total. The first-order valence-electron chi connectivity index (χ1n) is 7.56. The number of imidazole rings is 1. The maximum Gasteiger partial charge on any atom is 0.236 e. The molecule has 9 heteroatoms. The first-order valence-corrected chi connectivity index (χ1v) is 7.56. The van der Waals surface area contributed by atoms with E-state index in [1.807, 2.05) is 0 Å². The molecule has 0 bridgehead atoms. The van der Waals surface area contributed by atoms with E-state index < -0.39 is 11.6 Å². The molecule has 0 radical (unpaired) electrons. The number of hydrogen-bond donors (Lipinski definition) is 2. The highest BCUT2D eigenvalue weighted by molar-refractivity contribution is 5.85. The minimum Gasteiger partial charge on any atom is -0.342 e. The highest BCUT2D eigenvalue weighted by atomic mass is 35.5. The standard InChI is InChI=1S/C16H18F2N4O.2ClH/c17-12-2-1-11(7-13(12)18)14-9-20-16(21-14)10-3-5-22(6-4-10)15(23)8-19;;/h1-2,7,9-10H,3-6,8,19H2,(H,20,21);2*1H. The molecule has 1 aromatic heterocycles. The lowest BCUT2D eigenvalue weighted by Crippen LogP contribution is -2.41. The summed E-state index contributed by atoms with van der Waals surface area (Å²) >= 11 is 0. The highest BCUT2D eigenvalue weighted by Crippen LogP contribution is 2.28. The highest BCUT2D eigenvalue weighted by Gasteiger charge is 2.25. The molecule has 1 amide bonds. The summed E-state index contributed by atoms with van der Waals surface area (Å²) in [5.74, 6) is -0.761. The fourth-order valence-electron chi connectivity index (χ4n) is 2.89. The van der Waals surface area contributed by atoms with Gasteiger partial charge < -0.3 is 15.6 Å². The van der Waals surface area contributed by atoms with Gasteiger partial charge in [0.1, 0.15) is 5.82 Å². The Morgan fingerprint density at radius 3 is 2.52 bits per heavy atom. The number of benzene rings is 1. The van der Waals surface area contributed by atoms with Crippen molar-refractivity contribution in [3.63, 3.8) is 0 Å². The number of amides is 1. The van der Waals surface area contributed by atoms with Crippen molar-refractivity contribution in [2.75, 3.05) is 19.6 Å². The Hall–Kier alpha value is -1.70. The number of aromatic nitrogens is 2. The molecule has 0 saturated carbocycles. The smallest absolute Gasteiger partial charge is 0.236 e. The van der Waals surface area contributed by atoms with Crippen molar-refractivity contribution >= 4 is 30.7 Å². The Labute approximate surface area is 156 Å². The van der Waals surface area contributed by atoms with E-state index >= 15 is 0 Å². The topological polar surface area (TPSA) is 75.0 Å². The van der Waals surface area contributed by atoms with Crippen molar-refractivity contribution in [1.82, 2.24) is 14.9 Å². The number of piperidine rings is 1. The fraction of sp³-hybridized carbons (Fsp3) is 0.375. The number of aromatic amines is 1. The van der Waals surface area contributed by atoms with Crippen LogP contribution in [-0.2, 0) is 4.79 Å². The number of H-pyrrole nitrogens is 1. The number of carbonyl (C=O) groups excluding carboxylic acids is 1. The largest absolute Gasteiger partial charge is 0.342 e. The van der Waals surface area contributed by atoms with Crippen LogP contribution < -0.4 is 5.73 Å². The van der Waals surface area contributed by atoms with Gasteiger partial charge in [-0.15, -0.1) is 24.8 Å². The van der Waals surface area contributed by atoms with Crippen LogP contribution in [0.1, 0.15) is 24.6 Å². The molecule has 0 spiro atoms. The van der Waals surface area contributed by atoms with E-state index in [0.717, 1.165) is 30.8 Å². The summed E-state index contributed by atoms with van der Waals surface area (Å²) in [6.07, 6.45) is 3.23. The average Bonchev–Trinajstić information content (AvgIpc) is 3.07. The second-order valence-electron chi connectivity index (χ2n) is 5.67. The third-order valence-corrected chi connectivity index (χ3v) is 4.24. The Morgan fingerprint density at radius 1 is 1.24 bits per heavy atom. The molecule has 1 aromatic carbocycles. The Bertz CT molecular complexity index is 718. The first kappa shape index (κ1) is 21.3. The quantitative estimate of drug-likeness (QED) is 0.842. The first-order chi connectivity index (χ1) is 11.1. The lowest BCUT2D eigenvalue weighted by Gasteiger charge is -2.30. The van der Waals surface area contributed by atoms with Gasteiger partial charge in [0, 0.05) is 24.6 Å². The van der Waals surface area contributed by atoms with Gasteiger partial charge in [-0.1, -0.05) is 0 Å². The van der Waals surface area contributed by atoms with Crippen molar-refractivity contribution in [2.45, 2.75) is 18.8 Å². The predicted molar refractivity (Wildman–Crippen MR) is 96.0 cm³/mol. The van der Waals surface area contributed by atoms with Crippen LogP contribution in [0.25, 0.3) is 11.3 Å². The summed E-state index contributed by atoms with van der Waals surface area (Å²) in [6.45, 7) is 1.34. The molecule has 2 aromatic rings. The molecule has 1 aliphatic rings. The molecule has 0 atom stereocenters. The van der Waals surface area contributed by atoms with Gasteiger partial charge >= 0.3 is 0 Å². The molecule has 0 unspecified atom stereocenters. The number of likely N-dealkylation sites (tertiary alicyclic amines) is 1. The summed E-state index contributed by atoms with van der Waals surface area (Å²) < 4.78 is 26.3. The van der Waals surface area contributed by atoms with Crippen LogP contribution in [0, 0.1) is 11.6 Å². The van der Waals surface area contributed by atoms with Gasteiger partial charge in [0.25, 0.3) is 0 Å². The molecule has 2 heterocycles. The molecule has 1 saturated heterocycles. The van der Waals surface area contributed by atoms with Crippen molar-refractivity contribution in [3.8, 4) is 11.3 Å². The third-order valence-electron chi connectivity index (χ3n) is 4.24. The zero-order valence-electron chi connectivity index (χ0n) is 13.4. The normalized spacial score (nSPS) is 14.6. The number of nitrogens with zero attached hydrogens (tertiary/aromatic N) is 2.